The van der Waals surface area contributed by atoms with Gasteiger partial charge in [-0.3, -0.25) is 4.79 Å². The Balaban J connectivity index is 1.73. The Morgan fingerprint density at radius 3 is 2.64 bits per heavy atom. The Bertz CT molecular complexity index is 1390. The molecule has 4 rings (SSSR count). The first-order chi connectivity index (χ1) is 15.7. The minimum atomic E-state index is -3.84. The van der Waals surface area contributed by atoms with E-state index in [9.17, 15) is 23.6 Å². The smallest absolute Gasteiger partial charge is 0.309 e. The number of pyridine rings is 1. The number of carboxylic acid groups (broad SMARTS) is 1. The van der Waals surface area contributed by atoms with Crippen LogP contribution in [0.25, 0.3) is 5.52 Å². The summed E-state index contributed by atoms with van der Waals surface area (Å²) in [6.45, 7) is 2.75. The zero-order chi connectivity index (χ0) is 23.8. The number of nitrogens with zero attached hydrogens (tertiary/aromatic N) is 3. The van der Waals surface area contributed by atoms with Crippen LogP contribution < -0.4 is 0 Å². The molecule has 0 atom stereocenters. The van der Waals surface area contributed by atoms with Crippen molar-refractivity contribution < 1.29 is 27.4 Å². The maximum absolute atomic E-state index is 15.0. The monoisotopic (exact) mass is 489 g/mol. The number of rotatable bonds is 6. The van der Waals surface area contributed by atoms with E-state index in [1.54, 1.807) is 29.7 Å². The lowest BCUT2D eigenvalue weighted by Crippen LogP contribution is -2.40. The third-order valence-corrected chi connectivity index (χ3v) is 8.59. The van der Waals surface area contributed by atoms with Crippen molar-refractivity contribution in [2.75, 3.05) is 26.3 Å². The predicted molar refractivity (Wildman–Crippen MR) is 118 cm³/mol. The number of aliphatic carboxylic acids is 1. The van der Waals surface area contributed by atoms with Crippen molar-refractivity contribution in [1.82, 2.24) is 8.71 Å². The molecule has 3 aromatic rings. The first kappa shape index (κ1) is 23.3. The molecule has 0 unspecified atom stereocenters. The van der Waals surface area contributed by atoms with Gasteiger partial charge >= 0.3 is 5.97 Å². The summed E-state index contributed by atoms with van der Waals surface area (Å²) >= 11 is 1.07. The third-order valence-electron chi connectivity index (χ3n) is 5.42. The molecule has 0 aliphatic carbocycles. The molecule has 1 N–H and O–H groups in total. The number of morpholine rings is 1. The number of fused-ring (bicyclic) bond motifs is 1. The second-order valence-corrected chi connectivity index (χ2v) is 10.5. The SMILES string of the molecule is Cc1c(Sc2ccc(S(=O)(=O)N3CCOCC3)cc2F)c2cc(C#N)ccn2c1CC(=O)O. The number of nitriles is 1. The highest BCUT2D eigenvalue weighted by molar-refractivity contribution is 7.99. The molecule has 3 heterocycles. The predicted octanol–water partition coefficient (Wildman–Crippen LogP) is 3.06. The minimum absolute atomic E-state index is 0.136. The fourth-order valence-corrected chi connectivity index (χ4v) is 6.21. The summed E-state index contributed by atoms with van der Waals surface area (Å²) in [5.41, 5.74) is 2.15. The Hall–Kier alpha value is -2.91. The highest BCUT2D eigenvalue weighted by Crippen LogP contribution is 2.39. The van der Waals surface area contributed by atoms with Crippen LogP contribution in [0.1, 0.15) is 16.8 Å². The number of carboxylic acids is 1. The molecular weight excluding hydrogens is 469 g/mol. The molecule has 2 aromatic heterocycles. The van der Waals surface area contributed by atoms with Crippen LogP contribution in [0.5, 0.6) is 0 Å². The fraction of sp³-hybridized carbons (Fsp3) is 0.273. The lowest BCUT2D eigenvalue weighted by Gasteiger charge is -2.26. The molecule has 1 aromatic carbocycles. The number of ether oxygens (including phenoxy) is 1. The number of aromatic nitrogens is 1. The van der Waals surface area contributed by atoms with Gasteiger partial charge in [0.25, 0.3) is 0 Å². The van der Waals surface area contributed by atoms with Crippen molar-refractivity contribution in [3.8, 4) is 6.07 Å². The minimum Gasteiger partial charge on any atom is -0.481 e. The molecule has 8 nitrogen and oxygen atoms in total. The number of sulfonamides is 1. The van der Waals surface area contributed by atoms with Crippen LogP contribution in [0.3, 0.4) is 0 Å². The molecule has 1 saturated heterocycles. The number of benzene rings is 1. The van der Waals surface area contributed by atoms with Gasteiger partial charge in [0.05, 0.1) is 41.7 Å². The Kier molecular flexibility index (Phi) is 6.45. The molecule has 0 spiro atoms. The van der Waals surface area contributed by atoms with E-state index in [4.69, 9.17) is 4.74 Å². The molecule has 172 valence electrons. The van der Waals surface area contributed by atoms with Gasteiger partial charge in [-0.25, -0.2) is 12.8 Å². The van der Waals surface area contributed by atoms with Crippen molar-refractivity contribution in [3.05, 3.63) is 59.2 Å². The fourth-order valence-electron chi connectivity index (χ4n) is 3.74. The average molecular weight is 490 g/mol. The first-order valence-corrected chi connectivity index (χ1v) is 12.3. The molecule has 33 heavy (non-hydrogen) atoms. The van der Waals surface area contributed by atoms with Crippen LogP contribution in [0.15, 0.2) is 51.2 Å². The summed E-state index contributed by atoms with van der Waals surface area (Å²) in [5.74, 6) is -1.72. The summed E-state index contributed by atoms with van der Waals surface area (Å²) in [6, 6.07) is 9.02. The highest BCUT2D eigenvalue weighted by atomic mass is 32.2. The summed E-state index contributed by atoms with van der Waals surface area (Å²) in [5, 5.41) is 18.6. The first-order valence-electron chi connectivity index (χ1n) is 10.0. The summed E-state index contributed by atoms with van der Waals surface area (Å²) in [4.78, 5) is 12.0. The van der Waals surface area contributed by atoms with Crippen LogP contribution in [0, 0.1) is 24.1 Å². The molecular formula is C22H20FN3O5S2. The van der Waals surface area contributed by atoms with Gasteiger partial charge in [-0.15, -0.1) is 0 Å². The summed E-state index contributed by atoms with van der Waals surface area (Å²) in [6.07, 6.45) is 1.39. The van der Waals surface area contributed by atoms with Crippen molar-refractivity contribution in [3.63, 3.8) is 0 Å². The van der Waals surface area contributed by atoms with Gasteiger partial charge in [-0.1, -0.05) is 11.8 Å². The van der Waals surface area contributed by atoms with E-state index in [-0.39, 0.29) is 29.3 Å². The second-order valence-electron chi connectivity index (χ2n) is 7.46. The van der Waals surface area contributed by atoms with Crippen molar-refractivity contribution in [2.45, 2.75) is 28.0 Å². The van der Waals surface area contributed by atoms with E-state index in [1.807, 2.05) is 0 Å². The molecule has 0 saturated carbocycles. The molecule has 1 aliphatic heterocycles. The zero-order valence-corrected chi connectivity index (χ0v) is 19.2. The van der Waals surface area contributed by atoms with Gasteiger partial charge in [-0.2, -0.15) is 9.57 Å². The van der Waals surface area contributed by atoms with Crippen LogP contribution >= 0.6 is 11.8 Å². The van der Waals surface area contributed by atoms with E-state index in [2.05, 4.69) is 6.07 Å². The quantitative estimate of drug-likeness (QED) is 0.566. The number of halogens is 1. The molecule has 0 radical (unpaired) electrons. The molecule has 1 aliphatic rings. The van der Waals surface area contributed by atoms with Gasteiger partial charge in [-0.05, 0) is 42.8 Å². The van der Waals surface area contributed by atoms with E-state index in [1.165, 1.54) is 16.4 Å². The third kappa shape index (κ3) is 4.47. The van der Waals surface area contributed by atoms with Gasteiger partial charge < -0.3 is 14.2 Å². The normalized spacial score (nSPS) is 14.9. The molecule has 0 amide bonds. The topological polar surface area (TPSA) is 112 Å². The van der Waals surface area contributed by atoms with Gasteiger partial charge in [0, 0.05) is 34.8 Å². The number of hydrogen-bond acceptors (Lipinski definition) is 6. The Labute approximate surface area is 194 Å². The zero-order valence-electron chi connectivity index (χ0n) is 17.6. The largest absolute Gasteiger partial charge is 0.481 e. The van der Waals surface area contributed by atoms with Crippen LogP contribution in [-0.2, 0) is 26.0 Å². The van der Waals surface area contributed by atoms with Crippen molar-refractivity contribution >= 4 is 33.3 Å². The maximum atomic E-state index is 15.0. The maximum Gasteiger partial charge on any atom is 0.309 e. The Morgan fingerprint density at radius 1 is 1.27 bits per heavy atom. The Morgan fingerprint density at radius 2 is 2.00 bits per heavy atom. The molecule has 1 fully saturated rings. The summed E-state index contributed by atoms with van der Waals surface area (Å²) < 4.78 is 48.8. The number of hydrogen-bond donors (Lipinski definition) is 1. The van der Waals surface area contributed by atoms with Crippen molar-refractivity contribution in [1.29, 1.82) is 5.26 Å². The molecule has 0 bridgehead atoms. The highest BCUT2D eigenvalue weighted by Gasteiger charge is 2.27. The van der Waals surface area contributed by atoms with Crippen molar-refractivity contribution in [2.24, 2.45) is 0 Å². The van der Waals surface area contributed by atoms with E-state index in [0.29, 0.717) is 40.4 Å². The summed E-state index contributed by atoms with van der Waals surface area (Å²) in [7, 11) is -3.84. The van der Waals surface area contributed by atoms with Gasteiger partial charge in [0.15, 0.2) is 0 Å². The molecule has 11 heteroatoms. The lowest BCUT2D eigenvalue weighted by atomic mass is 10.2. The standard InChI is InChI=1S/C22H20FN3O5S2/c1-14-18(12-21(27)28)26-5-4-15(13-24)10-19(26)22(14)32-20-3-2-16(11-17(20)23)33(29,30)25-6-8-31-9-7-25/h2-5,10-11H,6-9,12H2,1H3,(H,27,28). The second kappa shape index (κ2) is 9.15. The van der Waals surface area contributed by atoms with E-state index >= 15 is 4.39 Å². The van der Waals surface area contributed by atoms with Crippen LogP contribution in [0.4, 0.5) is 4.39 Å². The number of carbonyl (C=O) groups is 1. The van der Waals surface area contributed by atoms with Gasteiger partial charge in [0.2, 0.25) is 10.0 Å². The average Bonchev–Trinajstić information content (AvgIpc) is 3.05. The van der Waals surface area contributed by atoms with Crippen LogP contribution in [-0.4, -0.2) is 54.5 Å². The van der Waals surface area contributed by atoms with E-state index < -0.39 is 21.8 Å². The lowest BCUT2D eigenvalue weighted by molar-refractivity contribution is -0.136. The van der Waals surface area contributed by atoms with Gasteiger partial charge in [0.1, 0.15) is 5.82 Å². The van der Waals surface area contributed by atoms with Crippen LogP contribution in [0.2, 0.25) is 0 Å². The van der Waals surface area contributed by atoms with E-state index in [0.717, 1.165) is 17.8 Å².